The van der Waals surface area contributed by atoms with E-state index in [1.807, 2.05) is 0 Å². The Kier molecular flexibility index (Phi) is 2.06. The Morgan fingerprint density at radius 3 is 2.55 bits per heavy atom. The molecule has 0 aliphatic carbocycles. The van der Waals surface area contributed by atoms with Crippen molar-refractivity contribution in [3.63, 3.8) is 0 Å². The number of methoxy groups -OCH3 is 1. The highest BCUT2D eigenvalue weighted by molar-refractivity contribution is 5.91. The molecule has 4 nitrogen and oxygen atoms in total. The SMILES string of the molecule is COC(=N)c1cc[n+]([O-])cc1. The van der Waals surface area contributed by atoms with Crippen LogP contribution >= 0.6 is 0 Å². The van der Waals surface area contributed by atoms with Crippen molar-refractivity contribution in [1.29, 1.82) is 5.41 Å². The molecule has 0 saturated carbocycles. The topological polar surface area (TPSA) is 60.0 Å². The smallest absolute Gasteiger partial charge is 0.213 e. The lowest BCUT2D eigenvalue weighted by atomic mass is 10.3. The largest absolute Gasteiger partial charge is 0.619 e. The van der Waals surface area contributed by atoms with Gasteiger partial charge in [-0.25, -0.2) is 0 Å². The summed E-state index contributed by atoms with van der Waals surface area (Å²) < 4.78 is 5.31. The fraction of sp³-hybridized carbons (Fsp3) is 0.143. The molecule has 0 saturated heterocycles. The third-order valence-electron chi connectivity index (χ3n) is 1.27. The van der Waals surface area contributed by atoms with E-state index in [9.17, 15) is 5.21 Å². The number of nitrogens with one attached hydrogen (secondary N) is 1. The Hall–Kier alpha value is -1.58. The van der Waals surface area contributed by atoms with Gasteiger partial charge in [-0.15, -0.1) is 0 Å². The van der Waals surface area contributed by atoms with Crippen LogP contribution in [-0.4, -0.2) is 13.0 Å². The summed E-state index contributed by atoms with van der Waals surface area (Å²) in [5.41, 5.74) is 0.597. The summed E-state index contributed by atoms with van der Waals surface area (Å²) in [5.74, 6) is 0.0607. The molecular formula is C7H8N2O2. The highest BCUT2D eigenvalue weighted by Gasteiger charge is 2.00. The van der Waals surface area contributed by atoms with E-state index in [2.05, 4.69) is 4.74 Å². The van der Waals surface area contributed by atoms with Crippen LogP contribution in [0.5, 0.6) is 0 Å². The summed E-state index contributed by atoms with van der Waals surface area (Å²) in [6, 6.07) is 3.05. The van der Waals surface area contributed by atoms with E-state index in [0.717, 1.165) is 0 Å². The van der Waals surface area contributed by atoms with Crippen LogP contribution in [-0.2, 0) is 4.74 Å². The van der Waals surface area contributed by atoms with E-state index < -0.39 is 0 Å². The maximum Gasteiger partial charge on any atom is 0.213 e. The molecule has 0 aliphatic rings. The molecule has 0 amide bonds. The van der Waals surface area contributed by atoms with Crippen molar-refractivity contribution in [2.75, 3.05) is 7.11 Å². The van der Waals surface area contributed by atoms with Gasteiger partial charge in [-0.3, -0.25) is 5.41 Å². The molecule has 1 rings (SSSR count). The first kappa shape index (κ1) is 7.53. The lowest BCUT2D eigenvalue weighted by Crippen LogP contribution is -2.24. The van der Waals surface area contributed by atoms with Gasteiger partial charge in [-0.2, -0.15) is 4.73 Å². The average Bonchev–Trinajstić information content (AvgIpc) is 2.05. The molecule has 0 bridgehead atoms. The number of pyridine rings is 1. The predicted octanol–water partition coefficient (Wildman–Crippen LogP) is 0.292. The van der Waals surface area contributed by atoms with Crippen molar-refractivity contribution < 1.29 is 9.47 Å². The summed E-state index contributed by atoms with van der Waals surface area (Å²) in [6.45, 7) is 0. The zero-order chi connectivity index (χ0) is 8.27. The van der Waals surface area contributed by atoms with Gasteiger partial charge in [0.25, 0.3) is 0 Å². The first-order valence-electron chi connectivity index (χ1n) is 3.06. The third kappa shape index (κ3) is 1.67. The maximum atomic E-state index is 10.5. The number of ether oxygens (including phenoxy) is 1. The summed E-state index contributed by atoms with van der Waals surface area (Å²) in [7, 11) is 1.42. The molecule has 0 aromatic carbocycles. The number of aromatic nitrogens is 1. The van der Waals surface area contributed by atoms with Crippen LogP contribution in [0.1, 0.15) is 5.56 Å². The zero-order valence-corrected chi connectivity index (χ0v) is 6.07. The first-order chi connectivity index (χ1) is 5.24. The van der Waals surface area contributed by atoms with E-state index in [1.54, 1.807) is 0 Å². The summed E-state index contributed by atoms with van der Waals surface area (Å²) >= 11 is 0. The van der Waals surface area contributed by atoms with Crippen LogP contribution in [0.25, 0.3) is 0 Å². The zero-order valence-electron chi connectivity index (χ0n) is 6.07. The van der Waals surface area contributed by atoms with Gasteiger partial charge in [-0.05, 0) is 0 Å². The van der Waals surface area contributed by atoms with E-state index in [-0.39, 0.29) is 5.90 Å². The van der Waals surface area contributed by atoms with Crippen LogP contribution in [0.15, 0.2) is 24.5 Å². The summed E-state index contributed by atoms with van der Waals surface area (Å²) in [6.07, 6.45) is 2.64. The molecule has 0 unspecified atom stereocenters. The normalized spacial score (nSPS) is 9.18. The molecule has 1 heterocycles. The van der Waals surface area contributed by atoms with Gasteiger partial charge in [0.1, 0.15) is 0 Å². The predicted molar refractivity (Wildman–Crippen MR) is 39.2 cm³/mol. The lowest BCUT2D eigenvalue weighted by molar-refractivity contribution is -0.605. The fourth-order valence-electron chi connectivity index (χ4n) is 0.682. The summed E-state index contributed by atoms with van der Waals surface area (Å²) in [4.78, 5) is 0. The van der Waals surface area contributed by atoms with Crippen LogP contribution in [0.4, 0.5) is 0 Å². The van der Waals surface area contributed by atoms with E-state index in [4.69, 9.17) is 5.41 Å². The minimum Gasteiger partial charge on any atom is -0.619 e. The molecule has 0 atom stereocenters. The maximum absolute atomic E-state index is 10.5. The van der Waals surface area contributed by atoms with Gasteiger partial charge in [0.2, 0.25) is 5.90 Å². The quantitative estimate of drug-likeness (QED) is 0.272. The Balaban J connectivity index is 2.90. The van der Waals surface area contributed by atoms with Crippen molar-refractivity contribution in [3.05, 3.63) is 35.3 Å². The second-order valence-corrected chi connectivity index (χ2v) is 1.98. The molecule has 0 fully saturated rings. The van der Waals surface area contributed by atoms with Crippen molar-refractivity contribution in [1.82, 2.24) is 0 Å². The van der Waals surface area contributed by atoms with Crippen LogP contribution < -0.4 is 4.73 Å². The average molecular weight is 152 g/mol. The molecule has 4 heteroatoms. The Morgan fingerprint density at radius 2 is 2.09 bits per heavy atom. The van der Waals surface area contributed by atoms with Crippen molar-refractivity contribution in [2.24, 2.45) is 0 Å². The minimum atomic E-state index is 0.0607. The minimum absolute atomic E-state index is 0.0607. The van der Waals surface area contributed by atoms with E-state index in [1.165, 1.54) is 31.6 Å². The second kappa shape index (κ2) is 3.01. The van der Waals surface area contributed by atoms with Gasteiger partial charge in [0.15, 0.2) is 12.4 Å². The van der Waals surface area contributed by atoms with Gasteiger partial charge >= 0.3 is 0 Å². The van der Waals surface area contributed by atoms with E-state index in [0.29, 0.717) is 10.3 Å². The molecule has 0 aliphatic heterocycles. The Morgan fingerprint density at radius 1 is 1.55 bits per heavy atom. The second-order valence-electron chi connectivity index (χ2n) is 1.98. The third-order valence-corrected chi connectivity index (χ3v) is 1.27. The summed E-state index contributed by atoms with van der Waals surface area (Å²) in [5, 5.41) is 17.8. The lowest BCUT2D eigenvalue weighted by Gasteiger charge is -2.00. The molecule has 58 valence electrons. The van der Waals surface area contributed by atoms with Crippen LogP contribution in [0.2, 0.25) is 0 Å². The van der Waals surface area contributed by atoms with E-state index >= 15 is 0 Å². The van der Waals surface area contributed by atoms with Gasteiger partial charge in [0.05, 0.1) is 7.11 Å². The van der Waals surface area contributed by atoms with Gasteiger partial charge in [0, 0.05) is 17.7 Å². The monoisotopic (exact) mass is 152 g/mol. The number of hydrogen-bond donors (Lipinski definition) is 1. The van der Waals surface area contributed by atoms with Crippen LogP contribution in [0, 0.1) is 10.6 Å². The fourth-order valence-corrected chi connectivity index (χ4v) is 0.682. The highest BCUT2D eigenvalue weighted by atomic mass is 16.5. The standard InChI is InChI=1S/C7H8N2O2/c1-11-7(8)6-2-4-9(10)5-3-6/h2-5,8H,1H3. The molecule has 1 N–H and O–H groups in total. The van der Waals surface area contributed by atoms with Crippen molar-refractivity contribution in [2.45, 2.75) is 0 Å². The van der Waals surface area contributed by atoms with Crippen molar-refractivity contribution >= 4 is 5.90 Å². The molecule has 0 radical (unpaired) electrons. The molecule has 11 heavy (non-hydrogen) atoms. The number of nitrogens with zero attached hydrogens (tertiary/aromatic N) is 1. The van der Waals surface area contributed by atoms with Crippen LogP contribution in [0.3, 0.4) is 0 Å². The molecule has 1 aromatic heterocycles. The molecule has 0 spiro atoms. The molecule has 1 aromatic rings. The Bertz CT molecular complexity index is 256. The van der Waals surface area contributed by atoms with Crippen molar-refractivity contribution in [3.8, 4) is 0 Å². The van der Waals surface area contributed by atoms with Gasteiger partial charge in [-0.1, -0.05) is 0 Å². The number of hydrogen-bond acceptors (Lipinski definition) is 3. The molecular weight excluding hydrogens is 144 g/mol. The number of rotatable bonds is 1. The highest BCUT2D eigenvalue weighted by Crippen LogP contribution is 1.95. The Labute approximate surface area is 64.1 Å². The van der Waals surface area contributed by atoms with Gasteiger partial charge < -0.3 is 9.94 Å². The first-order valence-corrected chi connectivity index (χ1v) is 3.06.